The lowest BCUT2D eigenvalue weighted by Crippen LogP contribution is -2.34. The van der Waals surface area contributed by atoms with Crippen LogP contribution in [0, 0.1) is 5.82 Å². The molecule has 0 spiro atoms. The van der Waals surface area contributed by atoms with Crippen LogP contribution in [0.25, 0.3) is 16.5 Å². The summed E-state index contributed by atoms with van der Waals surface area (Å²) in [4.78, 5) is 28.1. The molecular weight excluding hydrogens is 375 g/mol. The fourth-order valence-electron chi connectivity index (χ4n) is 3.20. The van der Waals surface area contributed by atoms with E-state index in [9.17, 15) is 14.0 Å². The van der Waals surface area contributed by atoms with E-state index in [1.807, 2.05) is 17.0 Å². The molecule has 2 heterocycles. The van der Waals surface area contributed by atoms with Gasteiger partial charge in [-0.05, 0) is 48.7 Å². The molecule has 1 aromatic carbocycles. The van der Waals surface area contributed by atoms with Gasteiger partial charge in [0.15, 0.2) is 0 Å². The van der Waals surface area contributed by atoms with E-state index in [0.717, 1.165) is 41.2 Å². The zero-order valence-electron chi connectivity index (χ0n) is 15.8. The molecule has 0 atom stereocenters. The lowest BCUT2D eigenvalue weighted by Gasteiger charge is -2.20. The summed E-state index contributed by atoms with van der Waals surface area (Å²) < 4.78 is 13.0. The summed E-state index contributed by atoms with van der Waals surface area (Å²) in [5.74, 6) is -0.347. The Bertz CT molecular complexity index is 821. The van der Waals surface area contributed by atoms with Crippen molar-refractivity contribution in [3.63, 3.8) is 0 Å². The van der Waals surface area contributed by atoms with Gasteiger partial charge < -0.3 is 10.2 Å². The van der Waals surface area contributed by atoms with Crippen LogP contribution in [-0.2, 0) is 9.59 Å². The van der Waals surface area contributed by atoms with Crippen LogP contribution < -0.4 is 5.32 Å². The quantitative estimate of drug-likeness (QED) is 0.727. The number of halogens is 1. The molecule has 1 aromatic heterocycles. The maximum Gasteiger partial charge on any atom is 0.244 e. The maximum atomic E-state index is 13.0. The van der Waals surface area contributed by atoms with E-state index in [2.05, 4.69) is 5.32 Å². The minimum Gasteiger partial charge on any atom is -0.352 e. The molecule has 1 saturated heterocycles. The molecule has 0 bridgehead atoms. The molecule has 3 rings (SSSR count). The highest BCUT2D eigenvalue weighted by atomic mass is 32.1. The van der Waals surface area contributed by atoms with E-state index in [0.29, 0.717) is 13.0 Å². The number of hydrogen-bond acceptors (Lipinski definition) is 3. The first-order chi connectivity index (χ1) is 13.6. The highest BCUT2D eigenvalue weighted by molar-refractivity contribution is 7.16. The zero-order valence-corrected chi connectivity index (χ0v) is 16.6. The average Bonchev–Trinajstić information content (AvgIpc) is 2.99. The summed E-state index contributed by atoms with van der Waals surface area (Å²) in [6, 6.07) is 10.2. The van der Waals surface area contributed by atoms with Crippen molar-refractivity contribution in [1.82, 2.24) is 10.2 Å². The highest BCUT2D eigenvalue weighted by Gasteiger charge is 2.14. The van der Waals surface area contributed by atoms with E-state index in [4.69, 9.17) is 0 Å². The Morgan fingerprint density at radius 3 is 2.46 bits per heavy atom. The van der Waals surface area contributed by atoms with Gasteiger partial charge in [0, 0.05) is 41.9 Å². The Labute approximate surface area is 169 Å². The van der Waals surface area contributed by atoms with Crippen molar-refractivity contribution >= 4 is 29.2 Å². The summed E-state index contributed by atoms with van der Waals surface area (Å²) >= 11 is 1.53. The standard InChI is InChI=1S/C22H25FN2O2S/c23-18-7-5-17(6-8-18)20-11-9-19(28-20)10-12-21(26)24-14-13-22(27)25-15-3-1-2-4-16-25/h5-12H,1-4,13-16H2,(H,24,26)/b12-10+. The molecule has 1 aliphatic heterocycles. The van der Waals surface area contributed by atoms with Crippen LogP contribution in [0.4, 0.5) is 4.39 Å². The van der Waals surface area contributed by atoms with Crippen molar-refractivity contribution in [3.8, 4) is 10.4 Å². The largest absolute Gasteiger partial charge is 0.352 e. The van der Waals surface area contributed by atoms with Gasteiger partial charge in [-0.1, -0.05) is 25.0 Å². The minimum absolute atomic E-state index is 0.119. The summed E-state index contributed by atoms with van der Waals surface area (Å²) in [6.07, 6.45) is 8.10. The van der Waals surface area contributed by atoms with Crippen molar-refractivity contribution in [3.05, 3.63) is 53.2 Å². The topological polar surface area (TPSA) is 49.4 Å². The second-order valence-electron chi connectivity index (χ2n) is 6.88. The molecular formula is C22H25FN2O2S. The minimum atomic E-state index is -0.258. The molecule has 6 heteroatoms. The maximum absolute atomic E-state index is 13.0. The molecule has 2 aromatic rings. The Hall–Kier alpha value is -2.47. The summed E-state index contributed by atoms with van der Waals surface area (Å²) in [5, 5.41) is 2.77. The van der Waals surface area contributed by atoms with E-state index < -0.39 is 0 Å². The first-order valence-corrected chi connectivity index (χ1v) is 10.5. The number of amides is 2. The number of rotatable bonds is 6. The predicted octanol–water partition coefficient (Wildman–Crippen LogP) is 4.48. The number of carbonyl (C=O) groups is 2. The van der Waals surface area contributed by atoms with Crippen LogP contribution in [0.2, 0.25) is 0 Å². The number of carbonyl (C=O) groups excluding carboxylic acids is 2. The normalized spacial score (nSPS) is 14.8. The van der Waals surface area contributed by atoms with Crippen molar-refractivity contribution in [1.29, 1.82) is 0 Å². The van der Waals surface area contributed by atoms with Gasteiger partial charge in [0.2, 0.25) is 11.8 Å². The smallest absolute Gasteiger partial charge is 0.244 e. The van der Waals surface area contributed by atoms with Crippen LogP contribution in [0.3, 0.4) is 0 Å². The first-order valence-electron chi connectivity index (χ1n) is 9.71. The van der Waals surface area contributed by atoms with Crippen molar-refractivity contribution in [2.24, 2.45) is 0 Å². The van der Waals surface area contributed by atoms with E-state index in [1.54, 1.807) is 18.2 Å². The van der Waals surface area contributed by atoms with Crippen LogP contribution in [0.15, 0.2) is 42.5 Å². The number of nitrogens with zero attached hydrogens (tertiary/aromatic N) is 1. The number of benzene rings is 1. The molecule has 2 amide bonds. The monoisotopic (exact) mass is 400 g/mol. The van der Waals surface area contributed by atoms with Gasteiger partial charge in [-0.2, -0.15) is 0 Å². The molecule has 148 valence electrons. The lowest BCUT2D eigenvalue weighted by atomic mass is 10.2. The summed E-state index contributed by atoms with van der Waals surface area (Å²) in [7, 11) is 0. The molecule has 1 N–H and O–H groups in total. The average molecular weight is 401 g/mol. The molecule has 4 nitrogen and oxygen atoms in total. The Balaban J connectivity index is 1.44. The number of hydrogen-bond donors (Lipinski definition) is 1. The zero-order chi connectivity index (χ0) is 19.8. The van der Waals surface area contributed by atoms with Gasteiger partial charge in [0.25, 0.3) is 0 Å². The van der Waals surface area contributed by atoms with Gasteiger partial charge in [-0.15, -0.1) is 11.3 Å². The predicted molar refractivity (Wildman–Crippen MR) is 111 cm³/mol. The highest BCUT2D eigenvalue weighted by Crippen LogP contribution is 2.28. The van der Waals surface area contributed by atoms with Gasteiger partial charge in [-0.25, -0.2) is 4.39 Å². The fraction of sp³-hybridized carbons (Fsp3) is 0.364. The molecule has 1 fully saturated rings. The Morgan fingerprint density at radius 1 is 1.04 bits per heavy atom. The molecule has 0 radical (unpaired) electrons. The molecule has 0 unspecified atom stereocenters. The second kappa shape index (κ2) is 10.2. The van der Waals surface area contributed by atoms with E-state index in [1.165, 1.54) is 42.4 Å². The Kier molecular flexibility index (Phi) is 7.37. The van der Waals surface area contributed by atoms with E-state index >= 15 is 0 Å². The first kappa shape index (κ1) is 20.3. The number of thiophene rings is 1. The molecule has 0 aliphatic carbocycles. The fourth-order valence-corrected chi connectivity index (χ4v) is 4.12. The molecule has 1 aliphatic rings. The lowest BCUT2D eigenvalue weighted by molar-refractivity contribution is -0.131. The third kappa shape index (κ3) is 6.02. The third-order valence-electron chi connectivity index (χ3n) is 4.75. The summed E-state index contributed by atoms with van der Waals surface area (Å²) in [5.41, 5.74) is 0.947. The molecule has 0 saturated carbocycles. The van der Waals surface area contributed by atoms with E-state index in [-0.39, 0.29) is 17.6 Å². The van der Waals surface area contributed by atoms with Gasteiger partial charge in [0.1, 0.15) is 5.82 Å². The summed E-state index contributed by atoms with van der Waals surface area (Å²) in [6.45, 7) is 2.02. The van der Waals surface area contributed by atoms with Crippen LogP contribution >= 0.6 is 11.3 Å². The van der Waals surface area contributed by atoms with Gasteiger partial charge in [0.05, 0.1) is 0 Å². The van der Waals surface area contributed by atoms with Crippen LogP contribution in [-0.4, -0.2) is 36.3 Å². The van der Waals surface area contributed by atoms with Crippen molar-refractivity contribution in [2.75, 3.05) is 19.6 Å². The number of nitrogens with one attached hydrogen (secondary N) is 1. The third-order valence-corrected chi connectivity index (χ3v) is 5.85. The van der Waals surface area contributed by atoms with Gasteiger partial charge >= 0.3 is 0 Å². The van der Waals surface area contributed by atoms with Crippen molar-refractivity contribution in [2.45, 2.75) is 32.1 Å². The molecule has 28 heavy (non-hydrogen) atoms. The SMILES string of the molecule is O=C(/C=C/c1ccc(-c2ccc(F)cc2)s1)NCCC(=O)N1CCCCCC1. The van der Waals surface area contributed by atoms with Crippen LogP contribution in [0.1, 0.15) is 37.0 Å². The van der Waals surface area contributed by atoms with Crippen molar-refractivity contribution < 1.29 is 14.0 Å². The Morgan fingerprint density at radius 2 is 1.75 bits per heavy atom. The number of likely N-dealkylation sites (tertiary alicyclic amines) is 1. The van der Waals surface area contributed by atoms with Gasteiger partial charge in [-0.3, -0.25) is 9.59 Å². The van der Waals surface area contributed by atoms with Crippen LogP contribution in [0.5, 0.6) is 0 Å². The second-order valence-corrected chi connectivity index (χ2v) is 7.99.